The van der Waals surface area contributed by atoms with Crippen molar-refractivity contribution in [1.29, 1.82) is 0 Å². The minimum absolute atomic E-state index is 0.0198. The van der Waals surface area contributed by atoms with Gasteiger partial charge in [-0.2, -0.15) is 33.0 Å². The highest BCUT2D eigenvalue weighted by atomic mass is 32.2. The summed E-state index contributed by atoms with van der Waals surface area (Å²) in [6.45, 7) is 5.50. The number of anilines is 1. The van der Waals surface area contributed by atoms with Gasteiger partial charge in [0.05, 0.1) is 4.90 Å². The number of hydrogen-bond donors (Lipinski definition) is 2. The molecule has 3 aromatic rings. The van der Waals surface area contributed by atoms with Crippen LogP contribution in [-0.4, -0.2) is 22.9 Å². The first-order chi connectivity index (χ1) is 14.5. The van der Waals surface area contributed by atoms with E-state index in [-0.39, 0.29) is 21.2 Å². The summed E-state index contributed by atoms with van der Waals surface area (Å²) in [4.78, 5) is 12.0. The predicted octanol–water partition coefficient (Wildman–Crippen LogP) is 3.46. The molecule has 31 heavy (non-hydrogen) atoms. The van der Waals surface area contributed by atoms with E-state index in [1.165, 1.54) is 60.7 Å². The normalized spacial score (nSPS) is 11.5. The van der Waals surface area contributed by atoms with Gasteiger partial charge in [0.15, 0.2) is 0 Å². The highest BCUT2D eigenvalue weighted by molar-refractivity contribution is 7.90. The van der Waals surface area contributed by atoms with Gasteiger partial charge in [0, 0.05) is 11.8 Å². The van der Waals surface area contributed by atoms with Crippen LogP contribution in [0, 0.1) is 13.8 Å². The van der Waals surface area contributed by atoms with E-state index in [1.54, 1.807) is 12.1 Å². The average molecular weight is 460 g/mol. The topological polar surface area (TPSA) is 119 Å². The average Bonchev–Trinajstić information content (AvgIpc) is 2.68. The van der Waals surface area contributed by atoms with Crippen molar-refractivity contribution in [2.75, 3.05) is 5.32 Å². The lowest BCUT2D eigenvalue weighted by atomic mass is 10.2. The highest BCUT2D eigenvalue weighted by Gasteiger charge is 2.18. The monoisotopic (exact) mass is 459 g/mol. The Morgan fingerprint density at radius 1 is 0.871 bits per heavy atom. The lowest BCUT2D eigenvalue weighted by molar-refractivity contribution is 0.256. The molecule has 0 radical (unpaired) electrons. The Labute approximate surface area is 181 Å². The largest absolute Gasteiger partial charge is 0.379 e. The molecule has 0 saturated carbocycles. The van der Waals surface area contributed by atoms with Gasteiger partial charge in [0.2, 0.25) is 0 Å². The SMILES string of the molecule is [CH2-]c1ccc(S(=O)(=O)NC(=O)Nc2cccc(OS(=O)(=O)c3ccc(C)cc3)c2)cc1. The molecule has 0 aliphatic rings. The van der Waals surface area contributed by atoms with Gasteiger partial charge in [-0.05, 0) is 31.2 Å². The molecule has 0 bridgehead atoms. The summed E-state index contributed by atoms with van der Waals surface area (Å²) in [6, 6.07) is 16.3. The van der Waals surface area contributed by atoms with Crippen LogP contribution in [0.4, 0.5) is 10.5 Å². The number of carbonyl (C=O) groups excluding carboxylic acids is 1. The number of hydrogen-bond acceptors (Lipinski definition) is 6. The standard InChI is InChI=1S/C21H19N2O6S2/c1-15-6-10-19(11-7-15)30(25,26)23-21(24)22-17-4-3-5-18(14-17)29-31(27,28)20-12-8-16(2)9-13-20/h3-14H,1H2,2H3,(H2,22,23,24)/q-1. The fourth-order valence-electron chi connectivity index (χ4n) is 2.51. The van der Waals surface area contributed by atoms with Crippen molar-refractivity contribution < 1.29 is 25.8 Å². The molecule has 8 nitrogen and oxygen atoms in total. The molecule has 2 amide bonds. The van der Waals surface area contributed by atoms with Gasteiger partial charge in [-0.15, -0.1) is 0 Å². The van der Waals surface area contributed by atoms with Gasteiger partial charge in [0.25, 0.3) is 10.0 Å². The van der Waals surface area contributed by atoms with Crippen LogP contribution in [0.2, 0.25) is 0 Å². The summed E-state index contributed by atoms with van der Waals surface area (Å²) < 4.78 is 56.4. The molecule has 0 heterocycles. The smallest absolute Gasteiger partial charge is 0.339 e. The summed E-state index contributed by atoms with van der Waals surface area (Å²) >= 11 is 0. The van der Waals surface area contributed by atoms with Gasteiger partial charge in [0.1, 0.15) is 10.6 Å². The first-order valence-corrected chi connectivity index (χ1v) is 11.8. The Morgan fingerprint density at radius 2 is 1.48 bits per heavy atom. The molecule has 0 saturated heterocycles. The molecular formula is C21H19N2O6S2-. The second-order valence-electron chi connectivity index (χ2n) is 6.58. The zero-order chi connectivity index (χ0) is 22.6. The van der Waals surface area contributed by atoms with Crippen LogP contribution in [0.15, 0.2) is 82.6 Å². The molecule has 0 aromatic heterocycles. The minimum Gasteiger partial charge on any atom is -0.379 e. The Kier molecular flexibility index (Phi) is 6.23. The maximum Gasteiger partial charge on any atom is 0.339 e. The summed E-state index contributed by atoms with van der Waals surface area (Å²) in [5.41, 5.74) is 1.66. The van der Waals surface area contributed by atoms with Crippen molar-refractivity contribution in [3.63, 3.8) is 0 Å². The maximum atomic E-state index is 12.4. The van der Waals surface area contributed by atoms with Gasteiger partial charge in [-0.1, -0.05) is 35.9 Å². The molecule has 0 aliphatic heterocycles. The lowest BCUT2D eigenvalue weighted by Gasteiger charge is -2.12. The van der Waals surface area contributed by atoms with Gasteiger partial charge >= 0.3 is 16.1 Å². The molecule has 0 unspecified atom stereocenters. The summed E-state index contributed by atoms with van der Waals surface area (Å²) in [7, 11) is -8.16. The van der Waals surface area contributed by atoms with E-state index in [4.69, 9.17) is 4.18 Å². The van der Waals surface area contributed by atoms with Crippen LogP contribution >= 0.6 is 0 Å². The van der Waals surface area contributed by atoms with Crippen molar-refractivity contribution in [1.82, 2.24) is 4.72 Å². The Morgan fingerprint density at radius 3 is 2.13 bits per heavy atom. The van der Waals surface area contributed by atoms with Gasteiger partial charge in [-0.3, -0.25) is 0 Å². The molecule has 0 spiro atoms. The molecule has 162 valence electrons. The summed E-state index contributed by atoms with van der Waals surface area (Å²) in [5, 5.41) is 2.34. The molecule has 0 fully saturated rings. The Bertz CT molecular complexity index is 1300. The van der Waals surface area contributed by atoms with E-state index in [0.29, 0.717) is 5.56 Å². The number of urea groups is 1. The van der Waals surface area contributed by atoms with Crippen molar-refractivity contribution in [3.05, 3.63) is 90.8 Å². The first kappa shape index (κ1) is 22.2. The number of benzene rings is 3. The van der Waals surface area contributed by atoms with Crippen molar-refractivity contribution in [2.24, 2.45) is 0 Å². The van der Waals surface area contributed by atoms with E-state index >= 15 is 0 Å². The fourth-order valence-corrected chi connectivity index (χ4v) is 4.34. The number of sulfonamides is 1. The molecular weight excluding hydrogens is 440 g/mol. The van der Waals surface area contributed by atoms with Crippen molar-refractivity contribution >= 4 is 31.9 Å². The first-order valence-electron chi connectivity index (χ1n) is 8.92. The quantitative estimate of drug-likeness (QED) is 0.430. The lowest BCUT2D eigenvalue weighted by Crippen LogP contribution is -2.34. The fraction of sp³-hybridized carbons (Fsp3) is 0.0476. The van der Waals surface area contributed by atoms with Crippen molar-refractivity contribution in [3.8, 4) is 5.75 Å². The molecule has 0 aliphatic carbocycles. The number of carbonyl (C=O) groups is 1. The third kappa shape index (κ3) is 5.77. The van der Waals surface area contributed by atoms with Crippen molar-refractivity contribution in [2.45, 2.75) is 16.7 Å². The molecule has 10 heteroatoms. The van der Waals surface area contributed by atoms with Crippen LogP contribution in [-0.2, 0) is 20.1 Å². The zero-order valence-corrected chi connectivity index (χ0v) is 18.0. The van der Waals surface area contributed by atoms with Gasteiger partial charge < -0.3 is 9.50 Å². The number of amides is 2. The third-order valence-corrected chi connectivity index (χ3v) is 6.68. The van der Waals surface area contributed by atoms with Crippen LogP contribution in [0.25, 0.3) is 0 Å². The molecule has 2 N–H and O–H groups in total. The van der Waals surface area contributed by atoms with Crippen LogP contribution in [0.5, 0.6) is 5.75 Å². The summed E-state index contributed by atoms with van der Waals surface area (Å²) in [5.74, 6) is -0.0488. The van der Waals surface area contributed by atoms with E-state index in [9.17, 15) is 21.6 Å². The number of rotatable bonds is 6. The van der Waals surface area contributed by atoms with Gasteiger partial charge in [-0.25, -0.2) is 17.9 Å². The second-order valence-corrected chi connectivity index (χ2v) is 9.81. The third-order valence-electron chi connectivity index (χ3n) is 4.07. The van der Waals surface area contributed by atoms with Crippen LogP contribution in [0.3, 0.4) is 0 Å². The molecule has 3 aromatic carbocycles. The van der Waals surface area contributed by atoms with E-state index < -0.39 is 26.2 Å². The van der Waals surface area contributed by atoms with E-state index in [0.717, 1.165) is 5.56 Å². The Hall–Kier alpha value is -3.50. The predicted molar refractivity (Wildman–Crippen MR) is 116 cm³/mol. The number of aryl methyl sites for hydroxylation is 1. The van der Waals surface area contributed by atoms with Crippen LogP contribution in [0.1, 0.15) is 11.1 Å². The number of nitrogens with one attached hydrogen (secondary N) is 2. The summed E-state index contributed by atoms with van der Waals surface area (Å²) in [6.07, 6.45) is 0. The zero-order valence-electron chi connectivity index (χ0n) is 16.4. The van der Waals surface area contributed by atoms with Crippen LogP contribution < -0.4 is 14.2 Å². The maximum absolute atomic E-state index is 12.4. The molecule has 3 rings (SSSR count). The van der Waals surface area contributed by atoms with E-state index in [1.807, 2.05) is 11.6 Å². The minimum atomic E-state index is -4.09. The Balaban J connectivity index is 1.70. The second kappa shape index (κ2) is 8.70. The molecule has 0 atom stereocenters. The highest BCUT2D eigenvalue weighted by Crippen LogP contribution is 2.22. The van der Waals surface area contributed by atoms with E-state index in [2.05, 4.69) is 12.2 Å².